The van der Waals surface area contributed by atoms with Gasteiger partial charge in [0.1, 0.15) is 5.25 Å². The number of aryl methyl sites for hydroxylation is 3. The Morgan fingerprint density at radius 3 is 2.65 bits per heavy atom. The number of carbonyl (C=O) groups is 1. The number of aromatic nitrogens is 2. The number of aliphatic carboxylic acids is 1. The number of rotatable bonds is 3. The van der Waals surface area contributed by atoms with Gasteiger partial charge in [0.05, 0.1) is 11.0 Å². The molecule has 0 amide bonds. The molecule has 1 heterocycles. The van der Waals surface area contributed by atoms with Crippen molar-refractivity contribution in [1.29, 1.82) is 0 Å². The quantitative estimate of drug-likeness (QED) is 0.883. The van der Waals surface area contributed by atoms with Crippen LogP contribution in [0.15, 0.2) is 17.3 Å². The van der Waals surface area contributed by atoms with Crippen molar-refractivity contribution in [2.45, 2.75) is 43.0 Å². The van der Waals surface area contributed by atoms with Crippen LogP contribution in [0.3, 0.4) is 0 Å². The van der Waals surface area contributed by atoms with Crippen LogP contribution < -0.4 is 0 Å². The van der Waals surface area contributed by atoms with Gasteiger partial charge in [-0.2, -0.15) is 0 Å². The van der Waals surface area contributed by atoms with E-state index in [1.807, 2.05) is 11.6 Å². The fourth-order valence-corrected chi connectivity index (χ4v) is 3.54. The lowest BCUT2D eigenvalue weighted by Gasteiger charge is -2.15. The maximum Gasteiger partial charge on any atom is 0.316 e. The van der Waals surface area contributed by atoms with E-state index >= 15 is 0 Å². The second kappa shape index (κ2) is 5.13. The van der Waals surface area contributed by atoms with E-state index in [-0.39, 0.29) is 0 Å². The molecule has 0 saturated carbocycles. The van der Waals surface area contributed by atoms with E-state index in [9.17, 15) is 4.79 Å². The highest BCUT2D eigenvalue weighted by atomic mass is 32.2. The van der Waals surface area contributed by atoms with Crippen molar-refractivity contribution in [1.82, 2.24) is 9.55 Å². The summed E-state index contributed by atoms with van der Waals surface area (Å²) in [6.45, 7) is 1.69. The van der Waals surface area contributed by atoms with Gasteiger partial charge in [-0.15, -0.1) is 0 Å². The fraction of sp³-hybridized carbons (Fsp3) is 0.467. The number of benzene rings is 1. The third-order valence-corrected chi connectivity index (χ3v) is 5.06. The van der Waals surface area contributed by atoms with Gasteiger partial charge in [-0.1, -0.05) is 11.8 Å². The van der Waals surface area contributed by atoms with E-state index in [1.54, 1.807) is 6.92 Å². The van der Waals surface area contributed by atoms with Crippen LogP contribution in [-0.4, -0.2) is 25.9 Å². The molecule has 4 nitrogen and oxygen atoms in total. The van der Waals surface area contributed by atoms with Crippen LogP contribution in [-0.2, 0) is 24.7 Å². The van der Waals surface area contributed by atoms with E-state index in [0.717, 1.165) is 29.0 Å². The minimum Gasteiger partial charge on any atom is -0.480 e. The highest BCUT2D eigenvalue weighted by Gasteiger charge is 2.19. The smallest absolute Gasteiger partial charge is 0.316 e. The molecule has 0 saturated heterocycles. The van der Waals surface area contributed by atoms with E-state index in [0.29, 0.717) is 0 Å². The van der Waals surface area contributed by atoms with Crippen LogP contribution in [0.2, 0.25) is 0 Å². The number of carboxylic acid groups (broad SMARTS) is 1. The summed E-state index contributed by atoms with van der Waals surface area (Å²) in [5, 5.41) is 9.31. The minimum absolute atomic E-state index is 0.486. The molecule has 2 aromatic rings. The molecule has 1 aromatic heterocycles. The topological polar surface area (TPSA) is 55.1 Å². The number of nitrogens with zero attached hydrogens (tertiary/aromatic N) is 2. The first kappa shape index (κ1) is 13.5. The molecule has 1 atom stereocenters. The lowest BCUT2D eigenvalue weighted by atomic mass is 9.91. The molecule has 0 bridgehead atoms. The van der Waals surface area contributed by atoms with Crippen LogP contribution in [0.25, 0.3) is 11.0 Å². The largest absolute Gasteiger partial charge is 0.480 e. The van der Waals surface area contributed by atoms with Crippen molar-refractivity contribution in [3.05, 3.63) is 23.3 Å². The summed E-state index contributed by atoms with van der Waals surface area (Å²) in [7, 11) is 1.96. The maximum absolute atomic E-state index is 11.0. The van der Waals surface area contributed by atoms with Crippen molar-refractivity contribution < 1.29 is 9.90 Å². The first-order valence-corrected chi connectivity index (χ1v) is 7.82. The second-order valence-corrected chi connectivity index (χ2v) is 6.68. The van der Waals surface area contributed by atoms with Gasteiger partial charge >= 0.3 is 5.97 Å². The van der Waals surface area contributed by atoms with Gasteiger partial charge in [0.2, 0.25) is 0 Å². The van der Waals surface area contributed by atoms with Crippen molar-refractivity contribution in [2.75, 3.05) is 0 Å². The average Bonchev–Trinajstić information content (AvgIpc) is 2.72. The molecule has 0 radical (unpaired) electrons. The van der Waals surface area contributed by atoms with Crippen LogP contribution in [0, 0.1) is 0 Å². The zero-order chi connectivity index (χ0) is 14.3. The van der Waals surface area contributed by atoms with Crippen molar-refractivity contribution >= 4 is 28.8 Å². The van der Waals surface area contributed by atoms with Gasteiger partial charge in [-0.3, -0.25) is 4.79 Å². The third-order valence-electron chi connectivity index (χ3n) is 3.93. The summed E-state index contributed by atoms with van der Waals surface area (Å²) in [5.41, 5.74) is 4.92. The molecule has 1 aliphatic rings. The number of hydrogen-bond donors (Lipinski definition) is 1. The van der Waals surface area contributed by atoms with Crippen LogP contribution in [0.5, 0.6) is 0 Å². The number of fused-ring (bicyclic) bond motifs is 2. The standard InChI is InChI=1S/C15H18N2O2S/c1-9(14(18)19)20-15-16-12-7-10-5-3-4-6-11(10)8-13(12)17(15)2/h7-9H,3-6H2,1-2H3,(H,18,19). The molecule has 3 rings (SSSR count). The SMILES string of the molecule is CC(Sc1nc2cc3c(cc2n1C)CCCC3)C(=O)O. The maximum atomic E-state index is 11.0. The Kier molecular flexibility index (Phi) is 3.46. The first-order chi connectivity index (χ1) is 9.56. The van der Waals surface area contributed by atoms with Gasteiger partial charge in [0.25, 0.3) is 0 Å². The van der Waals surface area contributed by atoms with Gasteiger partial charge in [0, 0.05) is 7.05 Å². The van der Waals surface area contributed by atoms with Crippen LogP contribution in [0.1, 0.15) is 30.9 Å². The van der Waals surface area contributed by atoms with Crippen molar-refractivity contribution in [3.63, 3.8) is 0 Å². The zero-order valence-electron chi connectivity index (χ0n) is 11.7. The summed E-state index contributed by atoms with van der Waals surface area (Å²) in [6, 6.07) is 4.41. The summed E-state index contributed by atoms with van der Waals surface area (Å²) >= 11 is 1.30. The summed E-state index contributed by atoms with van der Waals surface area (Å²) in [4.78, 5) is 15.6. The molecule has 1 aliphatic carbocycles. The molecule has 106 valence electrons. The Hall–Kier alpha value is -1.49. The van der Waals surface area contributed by atoms with Crippen LogP contribution >= 0.6 is 11.8 Å². The minimum atomic E-state index is -0.804. The Labute approximate surface area is 122 Å². The Bertz CT molecular complexity index is 678. The van der Waals surface area contributed by atoms with Crippen LogP contribution in [0.4, 0.5) is 0 Å². The molecule has 1 N–H and O–H groups in total. The van der Waals surface area contributed by atoms with Gasteiger partial charge in [-0.05, 0) is 55.9 Å². The Balaban J connectivity index is 2.03. The van der Waals surface area contributed by atoms with Gasteiger partial charge < -0.3 is 9.67 Å². The normalized spacial score (nSPS) is 16.1. The molecule has 1 unspecified atom stereocenters. The Morgan fingerprint density at radius 2 is 2.00 bits per heavy atom. The third kappa shape index (κ3) is 2.30. The van der Waals surface area contributed by atoms with E-state index in [1.165, 1.54) is 35.7 Å². The summed E-state index contributed by atoms with van der Waals surface area (Å²) in [6.07, 6.45) is 4.79. The second-order valence-electron chi connectivity index (χ2n) is 5.37. The molecule has 1 aromatic carbocycles. The highest BCUT2D eigenvalue weighted by molar-refractivity contribution is 8.00. The Morgan fingerprint density at radius 1 is 1.35 bits per heavy atom. The monoisotopic (exact) mass is 290 g/mol. The predicted molar refractivity (Wildman–Crippen MR) is 80.3 cm³/mol. The lowest BCUT2D eigenvalue weighted by Crippen LogP contribution is -2.12. The van der Waals surface area contributed by atoms with Gasteiger partial charge in [0.15, 0.2) is 5.16 Å². The fourth-order valence-electron chi connectivity index (χ4n) is 2.71. The molecule has 0 spiro atoms. The zero-order valence-corrected chi connectivity index (χ0v) is 12.5. The van der Waals surface area contributed by atoms with Gasteiger partial charge in [-0.25, -0.2) is 4.98 Å². The molecule has 0 aliphatic heterocycles. The number of imidazole rings is 1. The average molecular weight is 290 g/mol. The number of hydrogen-bond acceptors (Lipinski definition) is 3. The van der Waals surface area contributed by atoms with E-state index < -0.39 is 11.2 Å². The first-order valence-electron chi connectivity index (χ1n) is 6.94. The van der Waals surface area contributed by atoms with E-state index in [4.69, 9.17) is 5.11 Å². The van der Waals surface area contributed by atoms with E-state index in [2.05, 4.69) is 17.1 Å². The highest BCUT2D eigenvalue weighted by Crippen LogP contribution is 2.30. The molecular formula is C15H18N2O2S. The number of carboxylic acids is 1. The summed E-state index contributed by atoms with van der Waals surface area (Å²) in [5.74, 6) is -0.804. The lowest BCUT2D eigenvalue weighted by molar-refractivity contribution is -0.136. The molecule has 20 heavy (non-hydrogen) atoms. The van der Waals surface area contributed by atoms with Crippen molar-refractivity contribution in [2.24, 2.45) is 7.05 Å². The predicted octanol–water partition coefficient (Wildman–Crippen LogP) is 3.02. The molecule has 0 fully saturated rings. The molecular weight excluding hydrogens is 272 g/mol. The summed E-state index contributed by atoms with van der Waals surface area (Å²) < 4.78 is 2.01. The molecule has 5 heteroatoms. The number of thioether (sulfide) groups is 1. The van der Waals surface area contributed by atoms with Crippen molar-refractivity contribution in [3.8, 4) is 0 Å².